The maximum Gasteiger partial charge on any atom is 0.120 e. The van der Waals surface area contributed by atoms with E-state index in [4.69, 9.17) is 9.84 Å². The van der Waals surface area contributed by atoms with E-state index in [2.05, 4.69) is 81.4 Å². The van der Waals surface area contributed by atoms with E-state index in [1.807, 2.05) is 0 Å². The predicted molar refractivity (Wildman–Crippen MR) is 145 cm³/mol. The summed E-state index contributed by atoms with van der Waals surface area (Å²) in [6, 6.07) is 22.3. The first-order valence-electron chi connectivity index (χ1n) is 13.2. The van der Waals surface area contributed by atoms with E-state index >= 15 is 0 Å². The normalized spacial score (nSPS) is 11.1. The smallest absolute Gasteiger partial charge is 0.120 e. The molecular formula is C32H42O2. The first-order chi connectivity index (χ1) is 16.7. The molecule has 0 heterocycles. The van der Waals surface area contributed by atoms with E-state index < -0.39 is 0 Å². The van der Waals surface area contributed by atoms with Gasteiger partial charge in [-0.2, -0.15) is 0 Å². The Morgan fingerprint density at radius 3 is 1.88 bits per heavy atom. The molecule has 3 aromatic rings. The van der Waals surface area contributed by atoms with Crippen molar-refractivity contribution in [2.75, 3.05) is 6.61 Å². The number of hydrogen-bond acceptors (Lipinski definition) is 2. The van der Waals surface area contributed by atoms with Crippen LogP contribution in [0.5, 0.6) is 5.75 Å². The maximum absolute atomic E-state index is 9.06. The lowest BCUT2D eigenvalue weighted by Crippen LogP contribution is -1.99. The fourth-order valence-corrected chi connectivity index (χ4v) is 4.56. The Morgan fingerprint density at radius 1 is 0.618 bits per heavy atom. The quantitative estimate of drug-likeness (QED) is 0.247. The van der Waals surface area contributed by atoms with Gasteiger partial charge in [0.1, 0.15) is 12.4 Å². The van der Waals surface area contributed by atoms with Crippen molar-refractivity contribution in [1.29, 1.82) is 0 Å². The number of aliphatic hydroxyl groups excluding tert-OH is 1. The third kappa shape index (κ3) is 7.46. The van der Waals surface area contributed by atoms with Gasteiger partial charge in [0.15, 0.2) is 0 Å². The molecule has 0 fully saturated rings. The van der Waals surface area contributed by atoms with Gasteiger partial charge in [0, 0.05) is 6.61 Å². The van der Waals surface area contributed by atoms with Crippen LogP contribution in [0.2, 0.25) is 0 Å². The van der Waals surface area contributed by atoms with E-state index in [1.54, 1.807) is 0 Å². The molecule has 0 bridgehead atoms. The molecule has 3 aromatic carbocycles. The van der Waals surface area contributed by atoms with Gasteiger partial charge in [-0.25, -0.2) is 0 Å². The van der Waals surface area contributed by atoms with Crippen molar-refractivity contribution in [2.45, 2.75) is 85.2 Å². The molecule has 0 spiro atoms. The van der Waals surface area contributed by atoms with Gasteiger partial charge in [0.05, 0.1) is 0 Å². The number of aryl methyl sites for hydroxylation is 4. The summed E-state index contributed by atoms with van der Waals surface area (Å²) in [4.78, 5) is 0. The standard InChI is InChI=1S/C32H42O2/c1-4-7-8-11-25-13-15-27(16-14-25)24-34-30-18-20-32(29(6-3)23-30)31-19-17-26(12-9-10-21-33)22-28(31)5-2/h13-20,22-23,33H,4-12,21,24H2,1-3H3. The van der Waals surface area contributed by atoms with Gasteiger partial charge in [-0.15, -0.1) is 0 Å². The highest BCUT2D eigenvalue weighted by Gasteiger charge is 2.11. The molecule has 0 aliphatic heterocycles. The summed E-state index contributed by atoms with van der Waals surface area (Å²) in [7, 11) is 0. The van der Waals surface area contributed by atoms with E-state index in [1.165, 1.54) is 64.6 Å². The fraction of sp³-hybridized carbons (Fsp3) is 0.438. The molecule has 3 rings (SSSR count). The molecule has 2 nitrogen and oxygen atoms in total. The van der Waals surface area contributed by atoms with Crippen molar-refractivity contribution in [2.24, 2.45) is 0 Å². The van der Waals surface area contributed by atoms with Crippen molar-refractivity contribution >= 4 is 0 Å². The molecule has 0 saturated carbocycles. The highest BCUT2D eigenvalue weighted by atomic mass is 16.5. The molecule has 0 aliphatic carbocycles. The summed E-state index contributed by atoms with van der Waals surface area (Å²) >= 11 is 0. The molecular weight excluding hydrogens is 416 g/mol. The van der Waals surface area contributed by atoms with Crippen molar-refractivity contribution < 1.29 is 9.84 Å². The maximum atomic E-state index is 9.06. The van der Waals surface area contributed by atoms with Crippen LogP contribution in [0.25, 0.3) is 11.1 Å². The Morgan fingerprint density at radius 2 is 1.21 bits per heavy atom. The van der Waals surface area contributed by atoms with Gasteiger partial charge in [0.25, 0.3) is 0 Å². The minimum atomic E-state index is 0.275. The second kappa shape index (κ2) is 14.0. The van der Waals surface area contributed by atoms with Crippen LogP contribution >= 0.6 is 0 Å². The average Bonchev–Trinajstić information content (AvgIpc) is 2.88. The van der Waals surface area contributed by atoms with E-state index in [0.717, 1.165) is 37.9 Å². The van der Waals surface area contributed by atoms with Crippen molar-refractivity contribution in [3.8, 4) is 16.9 Å². The molecule has 2 heteroatoms. The molecule has 0 aromatic heterocycles. The first kappa shape index (κ1) is 26.0. The highest BCUT2D eigenvalue weighted by Crippen LogP contribution is 2.32. The van der Waals surface area contributed by atoms with Gasteiger partial charge < -0.3 is 9.84 Å². The SMILES string of the molecule is CCCCCc1ccc(COc2ccc(-c3ccc(CCCCO)cc3CC)c(CC)c2)cc1. The van der Waals surface area contributed by atoms with E-state index in [0.29, 0.717) is 6.61 Å². The Hall–Kier alpha value is -2.58. The third-order valence-corrected chi connectivity index (χ3v) is 6.67. The number of rotatable bonds is 14. The van der Waals surface area contributed by atoms with Gasteiger partial charge in [-0.1, -0.05) is 82.1 Å². The predicted octanol–water partition coefficient (Wildman–Crippen LogP) is 8.11. The van der Waals surface area contributed by atoms with Gasteiger partial charge in [0.2, 0.25) is 0 Å². The zero-order valence-corrected chi connectivity index (χ0v) is 21.4. The van der Waals surface area contributed by atoms with Crippen LogP contribution in [-0.4, -0.2) is 11.7 Å². The van der Waals surface area contributed by atoms with E-state index in [9.17, 15) is 0 Å². The molecule has 0 unspecified atom stereocenters. The average molecular weight is 459 g/mol. The molecule has 182 valence electrons. The van der Waals surface area contributed by atoms with Crippen LogP contribution in [0.1, 0.15) is 80.7 Å². The molecule has 0 aliphatic rings. The van der Waals surface area contributed by atoms with Gasteiger partial charge in [-0.3, -0.25) is 0 Å². The lowest BCUT2D eigenvalue weighted by atomic mass is 9.91. The van der Waals surface area contributed by atoms with Crippen LogP contribution in [-0.2, 0) is 32.3 Å². The summed E-state index contributed by atoms with van der Waals surface area (Å²) in [5, 5.41) is 9.06. The summed E-state index contributed by atoms with van der Waals surface area (Å²) in [6.07, 6.45) is 9.92. The highest BCUT2D eigenvalue weighted by molar-refractivity contribution is 5.72. The Balaban J connectivity index is 1.68. The van der Waals surface area contributed by atoms with Crippen LogP contribution < -0.4 is 4.74 Å². The number of benzene rings is 3. The van der Waals surface area contributed by atoms with Crippen LogP contribution in [0.15, 0.2) is 60.7 Å². The zero-order chi connectivity index (χ0) is 24.2. The van der Waals surface area contributed by atoms with Crippen molar-refractivity contribution in [3.05, 3.63) is 88.5 Å². The van der Waals surface area contributed by atoms with Crippen LogP contribution in [0, 0.1) is 0 Å². The number of unbranched alkanes of at least 4 members (excludes halogenated alkanes) is 3. The Bertz CT molecular complexity index is 1000. The summed E-state index contributed by atoms with van der Waals surface area (Å²) in [5.74, 6) is 0.936. The molecule has 0 atom stereocenters. The van der Waals surface area contributed by atoms with Gasteiger partial charge >= 0.3 is 0 Å². The second-order valence-corrected chi connectivity index (χ2v) is 9.26. The summed E-state index contributed by atoms with van der Waals surface area (Å²) in [5.41, 5.74) is 9.35. The molecule has 0 amide bonds. The second-order valence-electron chi connectivity index (χ2n) is 9.26. The topological polar surface area (TPSA) is 29.5 Å². The Kier molecular flexibility index (Phi) is 10.7. The minimum Gasteiger partial charge on any atom is -0.489 e. The molecule has 0 radical (unpaired) electrons. The monoisotopic (exact) mass is 458 g/mol. The summed E-state index contributed by atoms with van der Waals surface area (Å²) in [6.45, 7) is 7.57. The van der Waals surface area contributed by atoms with Crippen LogP contribution in [0.3, 0.4) is 0 Å². The lowest BCUT2D eigenvalue weighted by molar-refractivity contribution is 0.284. The third-order valence-electron chi connectivity index (χ3n) is 6.67. The summed E-state index contributed by atoms with van der Waals surface area (Å²) < 4.78 is 6.17. The number of aliphatic hydroxyl groups is 1. The molecule has 34 heavy (non-hydrogen) atoms. The number of hydrogen-bond donors (Lipinski definition) is 1. The van der Waals surface area contributed by atoms with Crippen molar-refractivity contribution in [3.63, 3.8) is 0 Å². The van der Waals surface area contributed by atoms with Gasteiger partial charge in [-0.05, 0) is 96.0 Å². The van der Waals surface area contributed by atoms with Crippen molar-refractivity contribution in [1.82, 2.24) is 0 Å². The zero-order valence-electron chi connectivity index (χ0n) is 21.4. The molecule has 0 saturated heterocycles. The Labute approximate surface area is 207 Å². The first-order valence-corrected chi connectivity index (χ1v) is 13.2. The minimum absolute atomic E-state index is 0.275. The largest absolute Gasteiger partial charge is 0.489 e. The number of ether oxygens (including phenoxy) is 1. The molecule has 1 N–H and O–H groups in total. The van der Waals surface area contributed by atoms with E-state index in [-0.39, 0.29) is 6.61 Å². The van der Waals surface area contributed by atoms with Crippen LogP contribution in [0.4, 0.5) is 0 Å². The fourth-order valence-electron chi connectivity index (χ4n) is 4.56. The lowest BCUT2D eigenvalue weighted by Gasteiger charge is -2.16.